The highest BCUT2D eigenvalue weighted by atomic mass is 15.2. The molecule has 2 rings (SSSR count). The van der Waals surface area contributed by atoms with Gasteiger partial charge in [-0.05, 0) is 49.4 Å². The number of benzene rings is 1. The fraction of sp³-hybridized carbons (Fsp3) is 0.684. The van der Waals surface area contributed by atoms with Crippen molar-refractivity contribution in [2.75, 3.05) is 19.6 Å². The molecule has 2 heteroatoms. The van der Waals surface area contributed by atoms with Gasteiger partial charge >= 0.3 is 0 Å². The first-order valence-electron chi connectivity index (χ1n) is 8.51. The number of nitrogens with zero attached hydrogens (tertiary/aromatic N) is 1. The topological polar surface area (TPSA) is 15.3 Å². The van der Waals surface area contributed by atoms with Gasteiger partial charge in [0.1, 0.15) is 0 Å². The van der Waals surface area contributed by atoms with Crippen molar-refractivity contribution in [3.8, 4) is 0 Å². The minimum absolute atomic E-state index is 0.245. The molecule has 1 N–H and O–H groups in total. The van der Waals surface area contributed by atoms with Gasteiger partial charge in [-0.2, -0.15) is 0 Å². The van der Waals surface area contributed by atoms with E-state index >= 15 is 0 Å². The van der Waals surface area contributed by atoms with Gasteiger partial charge in [0.05, 0.1) is 0 Å². The molecule has 0 aliphatic carbocycles. The Hall–Kier alpha value is -0.860. The molecule has 1 atom stereocenters. The Morgan fingerprint density at radius 2 is 1.67 bits per heavy atom. The van der Waals surface area contributed by atoms with Crippen LogP contribution in [-0.4, -0.2) is 30.6 Å². The van der Waals surface area contributed by atoms with Crippen LogP contribution in [-0.2, 0) is 12.0 Å². The van der Waals surface area contributed by atoms with E-state index in [1.807, 2.05) is 0 Å². The Morgan fingerprint density at radius 3 is 2.24 bits per heavy atom. The molecule has 0 amide bonds. The van der Waals surface area contributed by atoms with E-state index in [1.165, 1.54) is 43.5 Å². The number of hydrogen-bond donors (Lipinski definition) is 1. The Kier molecular flexibility index (Phi) is 5.83. The van der Waals surface area contributed by atoms with E-state index in [0.717, 1.165) is 13.1 Å². The van der Waals surface area contributed by atoms with E-state index in [2.05, 4.69) is 62.2 Å². The summed E-state index contributed by atoms with van der Waals surface area (Å²) in [4.78, 5) is 2.62. The first-order valence-corrected chi connectivity index (χ1v) is 8.51. The first-order chi connectivity index (χ1) is 9.97. The lowest BCUT2D eigenvalue weighted by molar-refractivity contribution is 0.170. The minimum atomic E-state index is 0.245. The monoisotopic (exact) mass is 288 g/mol. The number of likely N-dealkylation sites (tertiary alicyclic amines) is 1. The zero-order valence-corrected chi connectivity index (χ0v) is 14.3. The van der Waals surface area contributed by atoms with Gasteiger partial charge in [-0.3, -0.25) is 4.90 Å². The summed E-state index contributed by atoms with van der Waals surface area (Å²) in [5.74, 6) is 0. The molecule has 1 saturated heterocycles. The summed E-state index contributed by atoms with van der Waals surface area (Å²) in [6.07, 6.45) is 4.16. The molecule has 1 heterocycles. The van der Waals surface area contributed by atoms with Crippen LogP contribution in [0.3, 0.4) is 0 Å². The molecule has 1 aliphatic rings. The maximum atomic E-state index is 3.62. The standard InChI is InChI=1S/C19H32N2/c1-16(21-12-6-5-7-13-21)14-20-15-17-8-10-18(11-9-17)19(2,3)4/h8-11,16,20H,5-7,12-15H2,1-4H3. The van der Waals surface area contributed by atoms with Gasteiger partial charge in [-0.25, -0.2) is 0 Å². The Labute approximate surface area is 130 Å². The van der Waals surface area contributed by atoms with Crippen molar-refractivity contribution in [2.24, 2.45) is 0 Å². The Balaban J connectivity index is 1.75. The zero-order valence-electron chi connectivity index (χ0n) is 14.3. The molecule has 0 bridgehead atoms. The molecule has 1 aliphatic heterocycles. The summed E-state index contributed by atoms with van der Waals surface area (Å²) >= 11 is 0. The molecule has 1 aromatic carbocycles. The predicted molar refractivity (Wildman–Crippen MR) is 91.7 cm³/mol. The summed E-state index contributed by atoms with van der Waals surface area (Å²) in [5.41, 5.74) is 3.04. The van der Waals surface area contributed by atoms with Crippen molar-refractivity contribution >= 4 is 0 Å². The van der Waals surface area contributed by atoms with Crippen LogP contribution in [0.15, 0.2) is 24.3 Å². The van der Waals surface area contributed by atoms with Gasteiger partial charge in [-0.15, -0.1) is 0 Å². The molecule has 21 heavy (non-hydrogen) atoms. The van der Waals surface area contributed by atoms with Crippen LogP contribution < -0.4 is 5.32 Å². The maximum absolute atomic E-state index is 3.62. The molecule has 118 valence electrons. The van der Waals surface area contributed by atoms with Crippen molar-refractivity contribution in [2.45, 2.75) is 65.0 Å². The van der Waals surface area contributed by atoms with Crippen LogP contribution in [0.5, 0.6) is 0 Å². The van der Waals surface area contributed by atoms with Gasteiger partial charge in [0.15, 0.2) is 0 Å². The minimum Gasteiger partial charge on any atom is -0.311 e. The molecular weight excluding hydrogens is 256 g/mol. The number of rotatable bonds is 5. The lowest BCUT2D eigenvalue weighted by atomic mass is 9.87. The van der Waals surface area contributed by atoms with Gasteiger partial charge in [0.2, 0.25) is 0 Å². The number of nitrogens with one attached hydrogen (secondary N) is 1. The second-order valence-electron chi connectivity index (χ2n) is 7.52. The van der Waals surface area contributed by atoms with Crippen molar-refractivity contribution in [3.05, 3.63) is 35.4 Å². The van der Waals surface area contributed by atoms with Gasteiger partial charge in [-0.1, -0.05) is 51.5 Å². The average molecular weight is 288 g/mol. The number of hydrogen-bond acceptors (Lipinski definition) is 2. The van der Waals surface area contributed by atoms with Crippen molar-refractivity contribution in [3.63, 3.8) is 0 Å². The molecular formula is C19H32N2. The summed E-state index contributed by atoms with van der Waals surface area (Å²) in [7, 11) is 0. The van der Waals surface area contributed by atoms with Crippen LogP contribution in [0.4, 0.5) is 0 Å². The SMILES string of the molecule is CC(CNCc1ccc(C(C)(C)C)cc1)N1CCCCC1. The summed E-state index contributed by atoms with van der Waals surface area (Å²) in [6.45, 7) is 13.8. The van der Waals surface area contributed by atoms with Gasteiger partial charge < -0.3 is 5.32 Å². The summed E-state index contributed by atoms with van der Waals surface area (Å²) in [5, 5.41) is 3.62. The van der Waals surface area contributed by atoms with E-state index in [1.54, 1.807) is 0 Å². The highest BCUT2D eigenvalue weighted by molar-refractivity contribution is 5.27. The lowest BCUT2D eigenvalue weighted by Gasteiger charge is -2.32. The summed E-state index contributed by atoms with van der Waals surface area (Å²) < 4.78 is 0. The maximum Gasteiger partial charge on any atom is 0.0206 e. The highest BCUT2D eigenvalue weighted by Crippen LogP contribution is 2.22. The average Bonchev–Trinajstić information content (AvgIpc) is 2.47. The van der Waals surface area contributed by atoms with E-state index in [0.29, 0.717) is 6.04 Å². The van der Waals surface area contributed by atoms with E-state index in [4.69, 9.17) is 0 Å². The highest BCUT2D eigenvalue weighted by Gasteiger charge is 2.16. The Bertz CT molecular complexity index is 410. The van der Waals surface area contributed by atoms with Gasteiger partial charge in [0.25, 0.3) is 0 Å². The van der Waals surface area contributed by atoms with Crippen LogP contribution >= 0.6 is 0 Å². The second-order valence-corrected chi connectivity index (χ2v) is 7.52. The van der Waals surface area contributed by atoms with E-state index in [9.17, 15) is 0 Å². The van der Waals surface area contributed by atoms with Crippen LogP contribution in [0, 0.1) is 0 Å². The third-order valence-electron chi connectivity index (χ3n) is 4.60. The molecule has 0 radical (unpaired) electrons. The molecule has 1 fully saturated rings. The molecule has 2 nitrogen and oxygen atoms in total. The lowest BCUT2D eigenvalue weighted by Crippen LogP contribution is -2.42. The molecule has 1 unspecified atom stereocenters. The fourth-order valence-corrected chi connectivity index (χ4v) is 3.04. The third kappa shape index (κ3) is 5.12. The first kappa shape index (κ1) is 16.5. The van der Waals surface area contributed by atoms with Crippen LogP contribution in [0.2, 0.25) is 0 Å². The van der Waals surface area contributed by atoms with Crippen molar-refractivity contribution < 1.29 is 0 Å². The normalized spacial score (nSPS) is 18.7. The molecule has 1 aromatic rings. The zero-order chi connectivity index (χ0) is 15.3. The van der Waals surface area contributed by atoms with Crippen LogP contribution in [0.25, 0.3) is 0 Å². The second kappa shape index (κ2) is 7.42. The quantitative estimate of drug-likeness (QED) is 0.882. The largest absolute Gasteiger partial charge is 0.311 e. The smallest absolute Gasteiger partial charge is 0.0206 e. The van der Waals surface area contributed by atoms with Crippen molar-refractivity contribution in [1.82, 2.24) is 10.2 Å². The summed E-state index contributed by atoms with van der Waals surface area (Å²) in [6, 6.07) is 9.72. The van der Waals surface area contributed by atoms with Gasteiger partial charge in [0, 0.05) is 19.1 Å². The van der Waals surface area contributed by atoms with Crippen molar-refractivity contribution in [1.29, 1.82) is 0 Å². The Morgan fingerprint density at radius 1 is 1.05 bits per heavy atom. The molecule has 0 saturated carbocycles. The predicted octanol–water partition coefficient (Wildman–Crippen LogP) is 3.95. The molecule has 0 spiro atoms. The van der Waals surface area contributed by atoms with Crippen LogP contribution in [0.1, 0.15) is 58.1 Å². The molecule has 0 aromatic heterocycles. The van der Waals surface area contributed by atoms with E-state index in [-0.39, 0.29) is 5.41 Å². The number of piperidine rings is 1. The fourth-order valence-electron chi connectivity index (χ4n) is 3.04. The van der Waals surface area contributed by atoms with E-state index < -0.39 is 0 Å². The third-order valence-corrected chi connectivity index (χ3v) is 4.60.